The fourth-order valence-corrected chi connectivity index (χ4v) is 4.03. The van der Waals surface area contributed by atoms with Crippen LogP contribution in [-0.4, -0.2) is 71.2 Å². The number of aliphatic hydroxyl groups is 2. The topological polar surface area (TPSA) is 119 Å². The molecule has 2 amide bonds. The summed E-state index contributed by atoms with van der Waals surface area (Å²) in [6, 6.07) is 7.98. The van der Waals surface area contributed by atoms with E-state index in [1.54, 1.807) is 0 Å². The number of carboxylic acid groups (broad SMARTS) is 1. The molecule has 0 radical (unpaired) electrons. The average molecular weight is 433 g/mol. The quantitative estimate of drug-likeness (QED) is 0.500. The molecule has 2 aliphatic rings. The number of amides is 2. The Morgan fingerprint density at radius 1 is 1.16 bits per heavy atom. The Balaban J connectivity index is 1.43. The van der Waals surface area contributed by atoms with Crippen molar-refractivity contribution in [3.63, 3.8) is 0 Å². The van der Waals surface area contributed by atoms with Gasteiger partial charge in [-0.3, -0.25) is 4.79 Å². The number of carbonyl (C=O) groups excluding carboxylic acids is 1. The molecule has 1 aliphatic heterocycles. The number of hydrogen-bond acceptors (Lipinski definition) is 5. The van der Waals surface area contributed by atoms with E-state index in [1.807, 2.05) is 24.3 Å². The summed E-state index contributed by atoms with van der Waals surface area (Å²) in [5.74, 6) is 0.990. The zero-order valence-corrected chi connectivity index (χ0v) is 17.7. The maximum atomic E-state index is 12.2. The van der Waals surface area contributed by atoms with Crippen LogP contribution in [0.5, 0.6) is 5.75 Å². The second-order valence-electron chi connectivity index (χ2n) is 8.33. The molecule has 1 fully saturated rings. The Bertz CT molecular complexity index is 771. The Labute approximate surface area is 182 Å². The van der Waals surface area contributed by atoms with Gasteiger partial charge in [-0.25, -0.2) is 4.79 Å². The summed E-state index contributed by atoms with van der Waals surface area (Å²) >= 11 is 0. The minimum Gasteiger partial charge on any atom is -0.493 e. The minimum absolute atomic E-state index is 0.0720. The molecule has 8 nitrogen and oxygen atoms in total. The van der Waals surface area contributed by atoms with E-state index in [4.69, 9.17) is 14.9 Å². The van der Waals surface area contributed by atoms with Gasteiger partial charge in [-0.15, -0.1) is 0 Å². The fraction of sp³-hybridized carbons (Fsp3) is 0.565. The average Bonchev–Trinajstić information content (AvgIpc) is 2.81. The Morgan fingerprint density at radius 3 is 2.45 bits per heavy atom. The van der Waals surface area contributed by atoms with Gasteiger partial charge < -0.3 is 30.3 Å². The van der Waals surface area contributed by atoms with E-state index in [0.717, 1.165) is 37.0 Å². The Kier molecular flexibility index (Phi) is 8.31. The number of allylic oxidation sites excluding steroid dienone is 2. The molecule has 0 spiro atoms. The molecule has 2 atom stereocenters. The van der Waals surface area contributed by atoms with Gasteiger partial charge in [0.1, 0.15) is 5.75 Å². The van der Waals surface area contributed by atoms with Crippen LogP contribution in [0.25, 0.3) is 5.57 Å². The predicted octanol–water partition coefficient (Wildman–Crippen LogP) is 2.11. The summed E-state index contributed by atoms with van der Waals surface area (Å²) in [6.07, 6.45) is 4.20. The number of benzene rings is 1. The number of ether oxygens (including phenoxy) is 1. The Hall–Kier alpha value is -2.58. The molecule has 0 aromatic heterocycles. The first-order chi connectivity index (χ1) is 15.0. The molecule has 1 heterocycles. The minimum atomic E-state index is -0.920. The van der Waals surface area contributed by atoms with Crippen molar-refractivity contribution in [2.75, 3.05) is 32.8 Å². The van der Waals surface area contributed by atoms with Crippen LogP contribution >= 0.6 is 0 Å². The normalized spacial score (nSPS) is 20.6. The number of likely N-dealkylation sites (tertiary alicyclic amines) is 1. The zero-order valence-electron chi connectivity index (χ0n) is 17.7. The molecular formula is C23H32N2O6. The standard InChI is InChI=1S/C23H32N2O6/c26-14-20(27)13-24-22(28)19-3-1-17(2-4-19)18-5-7-21(8-6-18)31-15-16-9-11-25(12-10-16)23(29)30/h1,5-8,16,19-20,26-27H,2-4,9-15H2,(H,24,28)(H,29,30)/t19?,20-/m1/s1. The van der Waals surface area contributed by atoms with E-state index in [1.165, 1.54) is 10.5 Å². The number of piperidine rings is 1. The maximum absolute atomic E-state index is 12.2. The van der Waals surface area contributed by atoms with Crippen LogP contribution in [0.4, 0.5) is 4.79 Å². The van der Waals surface area contributed by atoms with E-state index in [2.05, 4.69) is 11.4 Å². The Morgan fingerprint density at radius 2 is 1.87 bits per heavy atom. The molecule has 1 aromatic rings. The van der Waals surface area contributed by atoms with E-state index in [0.29, 0.717) is 32.0 Å². The first kappa shape index (κ1) is 23.1. The molecule has 0 bridgehead atoms. The molecular weight excluding hydrogens is 400 g/mol. The number of rotatable bonds is 8. The molecule has 3 rings (SSSR count). The van der Waals surface area contributed by atoms with Gasteiger partial charge in [0.15, 0.2) is 0 Å². The van der Waals surface area contributed by atoms with Gasteiger partial charge in [-0.2, -0.15) is 0 Å². The number of nitrogens with zero attached hydrogens (tertiary/aromatic N) is 1. The third kappa shape index (κ3) is 6.70. The second kappa shape index (κ2) is 11.2. The first-order valence-corrected chi connectivity index (χ1v) is 10.9. The summed E-state index contributed by atoms with van der Waals surface area (Å²) in [6.45, 7) is 1.44. The lowest BCUT2D eigenvalue weighted by atomic mass is 9.86. The van der Waals surface area contributed by atoms with Crippen molar-refractivity contribution in [3.8, 4) is 5.75 Å². The van der Waals surface area contributed by atoms with Gasteiger partial charge >= 0.3 is 6.09 Å². The van der Waals surface area contributed by atoms with E-state index >= 15 is 0 Å². The molecule has 1 aliphatic carbocycles. The van der Waals surface area contributed by atoms with Gasteiger partial charge in [0.25, 0.3) is 0 Å². The van der Waals surface area contributed by atoms with Crippen molar-refractivity contribution in [2.45, 2.75) is 38.2 Å². The lowest BCUT2D eigenvalue weighted by Crippen LogP contribution is -2.38. The van der Waals surface area contributed by atoms with Gasteiger partial charge in [-0.1, -0.05) is 18.2 Å². The van der Waals surface area contributed by atoms with Crippen LogP contribution in [0, 0.1) is 11.8 Å². The largest absolute Gasteiger partial charge is 0.493 e. The van der Waals surface area contributed by atoms with Crippen LogP contribution < -0.4 is 10.1 Å². The summed E-state index contributed by atoms with van der Waals surface area (Å²) in [4.78, 5) is 24.6. The van der Waals surface area contributed by atoms with Crippen molar-refractivity contribution in [2.24, 2.45) is 11.8 Å². The van der Waals surface area contributed by atoms with Crippen molar-refractivity contribution < 1.29 is 29.6 Å². The van der Waals surface area contributed by atoms with Crippen molar-refractivity contribution in [3.05, 3.63) is 35.9 Å². The van der Waals surface area contributed by atoms with Crippen LogP contribution in [-0.2, 0) is 4.79 Å². The highest BCUT2D eigenvalue weighted by Gasteiger charge is 2.24. The van der Waals surface area contributed by atoms with Gasteiger partial charge in [0.05, 0.1) is 19.3 Å². The smallest absolute Gasteiger partial charge is 0.407 e. The summed E-state index contributed by atoms with van der Waals surface area (Å²) in [5.41, 5.74) is 2.34. The molecule has 1 aromatic carbocycles. The van der Waals surface area contributed by atoms with Crippen LogP contribution in [0.1, 0.15) is 37.7 Å². The maximum Gasteiger partial charge on any atom is 0.407 e. The van der Waals surface area contributed by atoms with Crippen LogP contribution in [0.3, 0.4) is 0 Å². The van der Waals surface area contributed by atoms with Gasteiger partial charge in [0.2, 0.25) is 5.91 Å². The molecule has 0 saturated carbocycles. The predicted molar refractivity (Wildman–Crippen MR) is 116 cm³/mol. The highest BCUT2D eigenvalue weighted by molar-refractivity contribution is 5.80. The molecule has 31 heavy (non-hydrogen) atoms. The summed E-state index contributed by atoms with van der Waals surface area (Å²) < 4.78 is 5.91. The van der Waals surface area contributed by atoms with Crippen LogP contribution in [0.2, 0.25) is 0 Å². The lowest BCUT2D eigenvalue weighted by Gasteiger charge is -2.29. The van der Waals surface area contributed by atoms with Gasteiger partial charge in [0, 0.05) is 25.6 Å². The first-order valence-electron chi connectivity index (χ1n) is 10.9. The summed E-state index contributed by atoms with van der Waals surface area (Å²) in [5, 5.41) is 29.9. The van der Waals surface area contributed by atoms with Crippen molar-refractivity contribution >= 4 is 17.6 Å². The number of carbonyl (C=O) groups is 2. The fourth-order valence-electron chi connectivity index (χ4n) is 4.03. The third-order valence-corrected chi connectivity index (χ3v) is 6.10. The monoisotopic (exact) mass is 432 g/mol. The highest BCUT2D eigenvalue weighted by atomic mass is 16.5. The highest BCUT2D eigenvalue weighted by Crippen LogP contribution is 2.31. The third-order valence-electron chi connectivity index (χ3n) is 6.10. The molecule has 1 saturated heterocycles. The van der Waals surface area contributed by atoms with Crippen molar-refractivity contribution in [1.29, 1.82) is 0 Å². The molecule has 170 valence electrons. The number of nitrogens with one attached hydrogen (secondary N) is 1. The molecule has 8 heteroatoms. The van der Waals surface area contributed by atoms with E-state index < -0.39 is 12.2 Å². The SMILES string of the molecule is O=C(NC[C@@H](O)CO)C1CC=C(c2ccc(OCC3CCN(C(=O)O)CC3)cc2)CC1. The van der Waals surface area contributed by atoms with Crippen LogP contribution in [0.15, 0.2) is 30.3 Å². The number of hydrogen-bond donors (Lipinski definition) is 4. The number of aliphatic hydroxyl groups excluding tert-OH is 2. The van der Waals surface area contributed by atoms with E-state index in [-0.39, 0.29) is 25.0 Å². The van der Waals surface area contributed by atoms with Crippen molar-refractivity contribution in [1.82, 2.24) is 10.2 Å². The molecule has 1 unspecified atom stereocenters. The lowest BCUT2D eigenvalue weighted by molar-refractivity contribution is -0.125. The summed E-state index contributed by atoms with van der Waals surface area (Å²) in [7, 11) is 0. The molecule has 4 N–H and O–H groups in total. The van der Waals surface area contributed by atoms with E-state index in [9.17, 15) is 14.7 Å². The zero-order chi connectivity index (χ0) is 22.2. The van der Waals surface area contributed by atoms with Gasteiger partial charge in [-0.05, 0) is 61.3 Å². The second-order valence-corrected chi connectivity index (χ2v) is 8.33.